The van der Waals surface area contributed by atoms with Crippen molar-refractivity contribution in [2.24, 2.45) is 0 Å². The van der Waals surface area contributed by atoms with Gasteiger partial charge in [-0.1, -0.05) is 19.8 Å². The van der Waals surface area contributed by atoms with Gasteiger partial charge in [0.05, 0.1) is 13.2 Å². The van der Waals surface area contributed by atoms with Crippen LogP contribution in [0.25, 0.3) is 0 Å². The van der Waals surface area contributed by atoms with Crippen LogP contribution in [0.5, 0.6) is 11.5 Å². The molecule has 1 aliphatic carbocycles. The zero-order chi connectivity index (χ0) is 14.2. The number of nitrogens with one attached hydrogen (secondary N) is 1. The van der Waals surface area contributed by atoms with Gasteiger partial charge in [0.25, 0.3) is 0 Å². The summed E-state index contributed by atoms with van der Waals surface area (Å²) in [7, 11) is 1.70. The Hall–Kier alpha value is -1.38. The van der Waals surface area contributed by atoms with Gasteiger partial charge in [0.2, 0.25) is 0 Å². The summed E-state index contributed by atoms with van der Waals surface area (Å²) >= 11 is 0. The molecule has 3 nitrogen and oxygen atoms in total. The van der Waals surface area contributed by atoms with Gasteiger partial charge in [0, 0.05) is 18.3 Å². The first-order chi connectivity index (χ1) is 9.83. The lowest BCUT2D eigenvalue weighted by Crippen LogP contribution is -2.12. The van der Waals surface area contributed by atoms with Crippen molar-refractivity contribution in [2.75, 3.05) is 19.0 Å². The van der Waals surface area contributed by atoms with E-state index in [0.29, 0.717) is 6.10 Å². The molecule has 1 aromatic rings. The Morgan fingerprint density at radius 3 is 2.65 bits per heavy atom. The topological polar surface area (TPSA) is 30.5 Å². The quantitative estimate of drug-likeness (QED) is 0.703. The van der Waals surface area contributed by atoms with E-state index in [1.807, 2.05) is 6.07 Å². The van der Waals surface area contributed by atoms with Gasteiger partial charge >= 0.3 is 0 Å². The van der Waals surface area contributed by atoms with Crippen LogP contribution in [0, 0.1) is 0 Å². The van der Waals surface area contributed by atoms with Crippen LogP contribution < -0.4 is 14.8 Å². The third-order valence-electron chi connectivity index (χ3n) is 3.87. The molecular weight excluding hydrogens is 250 g/mol. The van der Waals surface area contributed by atoms with E-state index in [0.717, 1.165) is 36.6 Å². The fraction of sp³-hybridized carbons (Fsp3) is 0.647. The van der Waals surface area contributed by atoms with E-state index in [1.54, 1.807) is 7.11 Å². The minimum Gasteiger partial charge on any atom is -0.493 e. The Kier molecular flexibility index (Phi) is 6.03. The Bertz CT molecular complexity index is 400. The van der Waals surface area contributed by atoms with Crippen molar-refractivity contribution >= 4 is 5.69 Å². The molecule has 2 rings (SSSR count). The highest BCUT2D eigenvalue weighted by Crippen LogP contribution is 2.33. The van der Waals surface area contributed by atoms with E-state index < -0.39 is 0 Å². The highest BCUT2D eigenvalue weighted by molar-refractivity contribution is 5.54. The number of hydrogen-bond acceptors (Lipinski definition) is 3. The maximum Gasteiger partial charge on any atom is 0.163 e. The van der Waals surface area contributed by atoms with Gasteiger partial charge < -0.3 is 14.8 Å². The molecule has 1 aromatic carbocycles. The molecule has 0 amide bonds. The molecule has 1 aliphatic rings. The fourth-order valence-corrected chi connectivity index (χ4v) is 2.67. The van der Waals surface area contributed by atoms with Gasteiger partial charge in [-0.25, -0.2) is 0 Å². The normalized spacial score (nSPS) is 15.3. The van der Waals surface area contributed by atoms with Crippen molar-refractivity contribution in [3.63, 3.8) is 0 Å². The largest absolute Gasteiger partial charge is 0.493 e. The average molecular weight is 277 g/mol. The van der Waals surface area contributed by atoms with Crippen molar-refractivity contribution in [3.05, 3.63) is 18.2 Å². The molecule has 1 fully saturated rings. The van der Waals surface area contributed by atoms with Crippen molar-refractivity contribution < 1.29 is 9.47 Å². The predicted molar refractivity (Wildman–Crippen MR) is 83.9 cm³/mol. The smallest absolute Gasteiger partial charge is 0.163 e. The van der Waals surface area contributed by atoms with Gasteiger partial charge in [-0.15, -0.1) is 0 Å². The van der Waals surface area contributed by atoms with Crippen LogP contribution in [0.3, 0.4) is 0 Å². The van der Waals surface area contributed by atoms with Gasteiger partial charge in [-0.3, -0.25) is 0 Å². The number of hydrogen-bond donors (Lipinski definition) is 1. The third-order valence-corrected chi connectivity index (χ3v) is 3.87. The maximum atomic E-state index is 6.10. The first-order valence-electron chi connectivity index (χ1n) is 7.92. The predicted octanol–water partition coefficient (Wildman–Crippen LogP) is 4.62. The number of methoxy groups -OCH3 is 1. The van der Waals surface area contributed by atoms with Crippen molar-refractivity contribution in [1.29, 1.82) is 0 Å². The Morgan fingerprint density at radius 1 is 1.15 bits per heavy atom. The lowest BCUT2D eigenvalue weighted by molar-refractivity contribution is 0.201. The molecule has 0 unspecified atom stereocenters. The van der Waals surface area contributed by atoms with E-state index in [-0.39, 0.29) is 0 Å². The van der Waals surface area contributed by atoms with Crippen LogP contribution in [0.2, 0.25) is 0 Å². The van der Waals surface area contributed by atoms with Crippen molar-refractivity contribution in [1.82, 2.24) is 0 Å². The lowest BCUT2D eigenvalue weighted by Gasteiger charge is -2.17. The van der Waals surface area contributed by atoms with Gasteiger partial charge in [-0.05, 0) is 44.2 Å². The van der Waals surface area contributed by atoms with Crippen LogP contribution in [0.4, 0.5) is 5.69 Å². The van der Waals surface area contributed by atoms with Gasteiger partial charge in [0.1, 0.15) is 0 Å². The Morgan fingerprint density at radius 2 is 1.95 bits per heavy atom. The van der Waals surface area contributed by atoms with Crippen molar-refractivity contribution in [2.45, 2.75) is 58.0 Å². The molecule has 0 bridgehead atoms. The van der Waals surface area contributed by atoms with E-state index in [1.165, 1.54) is 32.1 Å². The van der Waals surface area contributed by atoms with Crippen LogP contribution in [-0.4, -0.2) is 19.8 Å². The number of benzene rings is 1. The van der Waals surface area contributed by atoms with E-state index >= 15 is 0 Å². The molecule has 112 valence electrons. The second-order valence-corrected chi connectivity index (χ2v) is 5.52. The molecule has 1 N–H and O–H groups in total. The molecule has 0 radical (unpaired) electrons. The first-order valence-corrected chi connectivity index (χ1v) is 7.92. The highest BCUT2D eigenvalue weighted by atomic mass is 16.5. The second kappa shape index (κ2) is 8.03. The summed E-state index contributed by atoms with van der Waals surface area (Å²) in [5.74, 6) is 1.70. The average Bonchev–Trinajstić information content (AvgIpc) is 2.97. The van der Waals surface area contributed by atoms with E-state index in [9.17, 15) is 0 Å². The molecular formula is C17H27NO2. The first kappa shape index (κ1) is 15.0. The van der Waals surface area contributed by atoms with E-state index in [4.69, 9.17) is 9.47 Å². The molecule has 1 saturated carbocycles. The van der Waals surface area contributed by atoms with Crippen LogP contribution in [0.1, 0.15) is 51.9 Å². The SMILES string of the molecule is CCCCCNc1ccc(OC)c(OC2CCCC2)c1. The molecule has 0 saturated heterocycles. The summed E-state index contributed by atoms with van der Waals surface area (Å²) < 4.78 is 11.5. The molecule has 0 aromatic heterocycles. The van der Waals surface area contributed by atoms with Crippen LogP contribution in [-0.2, 0) is 0 Å². The minimum atomic E-state index is 0.360. The second-order valence-electron chi connectivity index (χ2n) is 5.52. The summed E-state index contributed by atoms with van der Waals surface area (Å²) in [5.41, 5.74) is 1.12. The lowest BCUT2D eigenvalue weighted by atomic mass is 10.2. The molecule has 0 heterocycles. The van der Waals surface area contributed by atoms with E-state index in [2.05, 4.69) is 24.4 Å². The summed E-state index contributed by atoms with van der Waals surface area (Å²) in [5, 5.41) is 3.46. The summed E-state index contributed by atoms with van der Waals surface area (Å²) in [4.78, 5) is 0. The zero-order valence-corrected chi connectivity index (χ0v) is 12.8. The summed E-state index contributed by atoms with van der Waals surface area (Å²) in [6.07, 6.45) is 8.98. The van der Waals surface area contributed by atoms with Gasteiger partial charge in [0.15, 0.2) is 11.5 Å². The maximum absolute atomic E-state index is 6.10. The molecule has 0 spiro atoms. The van der Waals surface area contributed by atoms with Crippen LogP contribution >= 0.6 is 0 Å². The highest BCUT2D eigenvalue weighted by Gasteiger charge is 2.18. The molecule has 0 atom stereocenters. The summed E-state index contributed by atoms with van der Waals surface area (Å²) in [6, 6.07) is 6.13. The monoisotopic (exact) mass is 277 g/mol. The molecule has 0 aliphatic heterocycles. The number of ether oxygens (including phenoxy) is 2. The van der Waals surface area contributed by atoms with Crippen molar-refractivity contribution in [3.8, 4) is 11.5 Å². The Balaban J connectivity index is 1.96. The fourth-order valence-electron chi connectivity index (χ4n) is 2.67. The number of unbranched alkanes of at least 4 members (excludes halogenated alkanes) is 2. The number of anilines is 1. The minimum absolute atomic E-state index is 0.360. The molecule has 20 heavy (non-hydrogen) atoms. The summed E-state index contributed by atoms with van der Waals surface area (Å²) in [6.45, 7) is 3.24. The molecule has 3 heteroatoms. The standard InChI is InChI=1S/C17H27NO2/c1-3-4-7-12-18-14-10-11-16(19-2)17(13-14)20-15-8-5-6-9-15/h10-11,13,15,18H,3-9,12H2,1-2H3. The zero-order valence-electron chi connectivity index (χ0n) is 12.8. The Labute approximate surface area is 122 Å². The van der Waals surface area contributed by atoms with Crippen LogP contribution in [0.15, 0.2) is 18.2 Å². The van der Waals surface area contributed by atoms with Gasteiger partial charge in [-0.2, -0.15) is 0 Å². The third kappa shape index (κ3) is 4.32. The number of rotatable bonds is 8.